The lowest BCUT2D eigenvalue weighted by molar-refractivity contribution is -0.154. The molecule has 0 saturated carbocycles. The fourth-order valence-corrected chi connectivity index (χ4v) is 6.23. The van der Waals surface area contributed by atoms with E-state index in [0.717, 1.165) is 0 Å². The minimum absolute atomic E-state index is 0.0406. The lowest BCUT2D eigenvalue weighted by Crippen LogP contribution is -2.54. The number of nitrogens with two attached hydrogens (primary N) is 1. The molecule has 1 heterocycles. The van der Waals surface area contributed by atoms with Crippen LogP contribution >= 0.6 is 0 Å². The molecule has 7 N–H and O–H groups in total. The molecule has 19 heteroatoms. The number of rotatable bonds is 27. The predicted octanol–water partition coefficient (Wildman–Crippen LogP) is 3.53. The van der Waals surface area contributed by atoms with E-state index < -0.39 is 41.4 Å². The summed E-state index contributed by atoms with van der Waals surface area (Å²) in [7, 11) is 0. The van der Waals surface area contributed by atoms with Crippen molar-refractivity contribution in [2.75, 3.05) is 58.0 Å². The van der Waals surface area contributed by atoms with E-state index in [2.05, 4.69) is 26.6 Å². The number of benzene rings is 1. The van der Waals surface area contributed by atoms with Crippen LogP contribution in [0.3, 0.4) is 0 Å². The van der Waals surface area contributed by atoms with E-state index in [1.165, 1.54) is 4.90 Å². The lowest BCUT2D eigenvalue weighted by Gasteiger charge is -2.25. The van der Waals surface area contributed by atoms with Crippen molar-refractivity contribution >= 4 is 53.3 Å². The molecule has 0 spiro atoms. The number of hydrogen-bond acceptors (Lipinski definition) is 12. The van der Waals surface area contributed by atoms with Crippen LogP contribution in [0, 0.1) is 22.7 Å². The molecule has 1 aromatic rings. The number of urea groups is 1. The number of carbonyl (C=O) groups excluding carboxylic acids is 8. The summed E-state index contributed by atoms with van der Waals surface area (Å²) >= 11 is 0. The molecule has 1 saturated heterocycles. The Labute approximate surface area is 371 Å². The molecule has 19 nitrogen and oxygen atoms in total. The molecule has 1 aliphatic heterocycles. The normalized spacial score (nSPS) is 15.1. The van der Waals surface area contributed by atoms with Gasteiger partial charge in [0.05, 0.1) is 37.8 Å². The summed E-state index contributed by atoms with van der Waals surface area (Å²) in [6, 6.07) is 3.86. The highest BCUT2D eigenvalue weighted by molar-refractivity contribution is 6.04. The molecule has 1 fully saturated rings. The van der Waals surface area contributed by atoms with Crippen molar-refractivity contribution in [3.8, 4) is 0 Å². The zero-order valence-electron chi connectivity index (χ0n) is 38.4. The van der Waals surface area contributed by atoms with E-state index in [9.17, 15) is 38.4 Å². The molecule has 0 aliphatic carbocycles. The van der Waals surface area contributed by atoms with Crippen molar-refractivity contribution in [1.29, 1.82) is 0 Å². The number of hydrogen-bond donors (Lipinski definition) is 6. The van der Waals surface area contributed by atoms with Gasteiger partial charge < -0.3 is 51.3 Å². The maximum Gasteiger partial charge on any atom is 0.407 e. The summed E-state index contributed by atoms with van der Waals surface area (Å²) < 4.78 is 21.2. The quantitative estimate of drug-likeness (QED) is 0.0421. The van der Waals surface area contributed by atoms with Crippen LogP contribution in [0.25, 0.3) is 0 Å². The van der Waals surface area contributed by atoms with Crippen LogP contribution in [0.15, 0.2) is 24.3 Å². The van der Waals surface area contributed by atoms with Crippen molar-refractivity contribution in [2.24, 2.45) is 28.4 Å². The first-order chi connectivity index (χ1) is 29.6. The average molecular weight is 890 g/mol. The van der Waals surface area contributed by atoms with E-state index in [4.69, 9.17) is 24.7 Å². The lowest BCUT2D eigenvalue weighted by atomic mass is 9.80. The molecule has 8 amide bonds. The van der Waals surface area contributed by atoms with E-state index in [1.54, 1.807) is 58.9 Å². The Hall–Kier alpha value is -5.30. The van der Waals surface area contributed by atoms with E-state index in [1.807, 2.05) is 20.8 Å². The Kier molecular flexibility index (Phi) is 23.1. The number of alkyl carbamates (subject to hydrolysis) is 1. The van der Waals surface area contributed by atoms with Gasteiger partial charge in [-0.25, -0.2) is 9.59 Å². The van der Waals surface area contributed by atoms with Crippen LogP contribution in [0.1, 0.15) is 106 Å². The number of carbonyl (C=O) groups is 8. The molecule has 1 aromatic carbocycles. The smallest absolute Gasteiger partial charge is 0.407 e. The molecule has 354 valence electrons. The van der Waals surface area contributed by atoms with Gasteiger partial charge in [0.1, 0.15) is 25.3 Å². The Morgan fingerprint density at radius 1 is 0.778 bits per heavy atom. The van der Waals surface area contributed by atoms with Gasteiger partial charge in [0.2, 0.25) is 29.5 Å². The van der Waals surface area contributed by atoms with E-state index in [-0.39, 0.29) is 99.7 Å². The predicted molar refractivity (Wildman–Crippen MR) is 234 cm³/mol. The summed E-state index contributed by atoms with van der Waals surface area (Å²) in [5, 5.41) is 13.4. The number of amides is 8. The minimum atomic E-state index is -1.03. The molecule has 0 bridgehead atoms. The Morgan fingerprint density at radius 3 is 2.03 bits per heavy atom. The number of ether oxygens (including phenoxy) is 4. The van der Waals surface area contributed by atoms with Crippen molar-refractivity contribution < 1.29 is 57.3 Å². The van der Waals surface area contributed by atoms with Crippen molar-refractivity contribution in [2.45, 2.75) is 119 Å². The summed E-state index contributed by atoms with van der Waals surface area (Å²) in [5.74, 6) is -2.71. The number of esters is 1. The van der Waals surface area contributed by atoms with Crippen molar-refractivity contribution in [3.63, 3.8) is 0 Å². The number of anilines is 1. The van der Waals surface area contributed by atoms with Crippen molar-refractivity contribution in [3.05, 3.63) is 29.8 Å². The van der Waals surface area contributed by atoms with E-state index in [0.29, 0.717) is 56.7 Å². The van der Waals surface area contributed by atoms with E-state index >= 15 is 0 Å². The van der Waals surface area contributed by atoms with Gasteiger partial charge in [0.15, 0.2) is 0 Å². The van der Waals surface area contributed by atoms with Crippen molar-refractivity contribution in [1.82, 2.24) is 26.2 Å². The molecule has 1 unspecified atom stereocenters. The largest absolute Gasteiger partial charge is 0.463 e. The molecule has 2 rings (SSSR count). The Morgan fingerprint density at radius 2 is 1.43 bits per heavy atom. The van der Waals surface area contributed by atoms with Gasteiger partial charge in [-0.15, -0.1) is 0 Å². The SMILES string of the molecule is CC(C)[C@@H](NC(=O)CCCCCN1C(=O)CC(C(C)(C)C)C1=O)C(=O)N[C@H](CCCNC(N)=O)C(=O)Nc1ccc(COC(=O)NCCOCCOCCOC(=O)C(C)(C)C)cc1. The number of likely N-dealkylation sites (tertiary alicyclic amines) is 1. The van der Waals surface area contributed by atoms with Gasteiger partial charge in [-0.3, -0.25) is 33.7 Å². The van der Waals surface area contributed by atoms with Gasteiger partial charge >= 0.3 is 18.1 Å². The summed E-state index contributed by atoms with van der Waals surface area (Å²) in [6.07, 6.45) is 1.80. The summed E-state index contributed by atoms with van der Waals surface area (Å²) in [4.78, 5) is 102. The van der Waals surface area contributed by atoms with Gasteiger partial charge in [0.25, 0.3) is 0 Å². The number of nitrogens with zero attached hydrogens (tertiary/aromatic N) is 1. The minimum Gasteiger partial charge on any atom is -0.463 e. The molecule has 0 radical (unpaired) electrons. The first-order valence-electron chi connectivity index (χ1n) is 21.7. The standard InChI is InChI=1S/C44H71N7O12/c1-29(2)36(50-34(52)14-10-9-11-21-51-35(53)27-32(39(51)56)43(3,4)5)38(55)49-33(13-12-19-46-41(45)58)37(54)48-31-17-15-30(16-18-31)28-63-42(59)47-20-22-60-23-24-61-25-26-62-40(57)44(6,7)8/h15-18,29,32-33,36H,9-14,19-28H2,1-8H3,(H,47,59)(H,48,54)(H,49,55)(H,50,52)(H3,45,46,58)/t32?,33-,36-/m1/s1. The average Bonchev–Trinajstić information content (AvgIpc) is 3.49. The van der Waals surface area contributed by atoms with Gasteiger partial charge in [-0.1, -0.05) is 53.2 Å². The first-order valence-corrected chi connectivity index (χ1v) is 21.7. The topological polar surface area (TPSA) is 263 Å². The third-order valence-corrected chi connectivity index (χ3v) is 9.99. The van der Waals surface area contributed by atoms with Gasteiger partial charge in [0, 0.05) is 38.2 Å². The molecule has 63 heavy (non-hydrogen) atoms. The highest BCUT2D eigenvalue weighted by Gasteiger charge is 2.44. The number of nitrogens with one attached hydrogen (secondary N) is 5. The van der Waals surface area contributed by atoms with Gasteiger partial charge in [-0.2, -0.15) is 0 Å². The zero-order valence-corrected chi connectivity index (χ0v) is 38.4. The number of unbranched alkanes of at least 4 members (excludes halogenated alkanes) is 2. The van der Waals surface area contributed by atoms with Crippen LogP contribution in [-0.2, 0) is 54.3 Å². The summed E-state index contributed by atoms with van der Waals surface area (Å²) in [6.45, 7) is 16.6. The first kappa shape index (κ1) is 53.8. The van der Waals surface area contributed by atoms with Crippen LogP contribution in [0.2, 0.25) is 0 Å². The fourth-order valence-electron chi connectivity index (χ4n) is 6.23. The van der Waals surface area contributed by atoms with Crippen LogP contribution in [0.5, 0.6) is 0 Å². The molecular formula is C44H71N7O12. The second-order valence-electron chi connectivity index (χ2n) is 17.9. The highest BCUT2D eigenvalue weighted by Crippen LogP contribution is 2.35. The molecule has 0 aromatic heterocycles. The maximum absolute atomic E-state index is 13.5. The Bertz CT molecular complexity index is 1670. The second-order valence-corrected chi connectivity index (χ2v) is 17.9. The zero-order chi connectivity index (χ0) is 47.2. The maximum atomic E-state index is 13.5. The second kappa shape index (κ2) is 27.0. The third kappa shape index (κ3) is 21.1. The monoisotopic (exact) mass is 890 g/mol. The van der Waals surface area contributed by atoms with Gasteiger partial charge in [-0.05, 0) is 75.5 Å². The van der Waals surface area contributed by atoms with Crippen LogP contribution < -0.4 is 32.3 Å². The third-order valence-electron chi connectivity index (χ3n) is 9.99. The van der Waals surface area contributed by atoms with Crippen LogP contribution in [-0.4, -0.2) is 117 Å². The summed E-state index contributed by atoms with van der Waals surface area (Å²) in [5.41, 5.74) is 5.37. The molecular weight excluding hydrogens is 819 g/mol. The fraction of sp³-hybridized carbons (Fsp3) is 0.682. The molecule has 1 aliphatic rings. The van der Waals surface area contributed by atoms with Crippen LogP contribution in [0.4, 0.5) is 15.3 Å². The Balaban J connectivity index is 1.80. The molecule has 3 atom stereocenters. The number of imide groups is 1. The highest BCUT2D eigenvalue weighted by atomic mass is 16.6. The number of primary amides is 1.